The predicted molar refractivity (Wildman–Crippen MR) is 76.6 cm³/mol. The molecule has 3 atom stereocenters. The van der Waals surface area contributed by atoms with Gasteiger partial charge in [-0.1, -0.05) is 6.92 Å². The summed E-state index contributed by atoms with van der Waals surface area (Å²) in [7, 11) is -0.710. The summed E-state index contributed by atoms with van der Waals surface area (Å²) in [5.74, 6) is 0. The average molecular weight is 324 g/mol. The van der Waals surface area contributed by atoms with Crippen LogP contribution >= 0.6 is 27.3 Å². The van der Waals surface area contributed by atoms with Gasteiger partial charge in [-0.05, 0) is 41.9 Å². The van der Waals surface area contributed by atoms with E-state index < -0.39 is 10.8 Å². The minimum absolute atomic E-state index is 0.273. The summed E-state index contributed by atoms with van der Waals surface area (Å²) in [6.07, 6.45) is 2.73. The SMILES string of the molecule is CC(NCCC(C)S(C)=O)c1cc(Br)cs1. The molecule has 0 saturated heterocycles. The van der Waals surface area contributed by atoms with Gasteiger partial charge in [-0.2, -0.15) is 0 Å². The molecule has 1 N–H and O–H groups in total. The van der Waals surface area contributed by atoms with Gasteiger partial charge in [-0.15, -0.1) is 11.3 Å². The fourth-order valence-corrected chi connectivity index (χ4v) is 3.25. The lowest BCUT2D eigenvalue weighted by Gasteiger charge is -2.14. The normalized spacial score (nSPS) is 17.0. The third-order valence-electron chi connectivity index (χ3n) is 2.58. The molecular weight excluding hydrogens is 306 g/mol. The highest BCUT2D eigenvalue weighted by atomic mass is 79.9. The van der Waals surface area contributed by atoms with Crippen LogP contribution in [0.4, 0.5) is 0 Å². The van der Waals surface area contributed by atoms with Crippen LogP contribution in [0.2, 0.25) is 0 Å². The molecule has 1 aromatic heterocycles. The molecule has 0 fully saturated rings. The van der Waals surface area contributed by atoms with Gasteiger partial charge in [0, 0.05) is 43.1 Å². The monoisotopic (exact) mass is 323 g/mol. The minimum atomic E-state index is -0.710. The lowest BCUT2D eigenvalue weighted by molar-refractivity contribution is 0.560. The predicted octanol–water partition coefficient (Wildman–Crippen LogP) is 3.32. The van der Waals surface area contributed by atoms with Crippen molar-refractivity contribution in [3.8, 4) is 0 Å². The molecule has 0 saturated carbocycles. The summed E-state index contributed by atoms with van der Waals surface area (Å²) < 4.78 is 12.3. The molecule has 0 amide bonds. The number of halogens is 1. The molecule has 0 bridgehead atoms. The largest absolute Gasteiger partial charge is 0.309 e. The number of hydrogen-bond acceptors (Lipinski definition) is 3. The first-order valence-electron chi connectivity index (χ1n) is 5.30. The van der Waals surface area contributed by atoms with E-state index in [2.05, 4.69) is 39.6 Å². The van der Waals surface area contributed by atoms with Crippen molar-refractivity contribution in [2.45, 2.75) is 31.6 Å². The van der Waals surface area contributed by atoms with E-state index in [1.165, 1.54) is 4.88 Å². The standard InChI is InChI=1S/C11H18BrNOS2/c1-8(16(3)14)4-5-13-9(2)11-6-10(12)7-15-11/h6-9,13H,4-5H2,1-3H3. The first kappa shape index (κ1) is 14.4. The molecule has 0 aliphatic rings. The Morgan fingerprint density at radius 3 is 2.75 bits per heavy atom. The molecule has 16 heavy (non-hydrogen) atoms. The Labute approximate surface area is 112 Å². The summed E-state index contributed by atoms with van der Waals surface area (Å²) in [5.41, 5.74) is 0. The molecule has 0 radical (unpaired) electrons. The maximum atomic E-state index is 11.2. The molecule has 3 unspecified atom stereocenters. The minimum Gasteiger partial charge on any atom is -0.309 e. The third-order valence-corrected chi connectivity index (χ3v) is 5.83. The molecule has 1 aromatic rings. The zero-order valence-corrected chi connectivity index (χ0v) is 13.0. The summed E-state index contributed by atoms with van der Waals surface area (Å²) in [6, 6.07) is 2.51. The molecule has 1 rings (SSSR count). The second kappa shape index (κ2) is 6.89. The van der Waals surface area contributed by atoms with Gasteiger partial charge in [0.05, 0.1) is 0 Å². The quantitative estimate of drug-likeness (QED) is 0.870. The zero-order valence-electron chi connectivity index (χ0n) is 9.83. The van der Waals surface area contributed by atoms with Gasteiger partial charge < -0.3 is 5.32 Å². The van der Waals surface area contributed by atoms with E-state index >= 15 is 0 Å². The molecular formula is C11H18BrNOS2. The fourth-order valence-electron chi connectivity index (χ4n) is 1.32. The van der Waals surface area contributed by atoms with Crippen molar-refractivity contribution in [3.63, 3.8) is 0 Å². The van der Waals surface area contributed by atoms with E-state index in [4.69, 9.17) is 0 Å². The lowest BCUT2D eigenvalue weighted by atomic mass is 10.2. The Balaban J connectivity index is 2.30. The molecule has 2 nitrogen and oxygen atoms in total. The van der Waals surface area contributed by atoms with Crippen LogP contribution in [-0.2, 0) is 10.8 Å². The van der Waals surface area contributed by atoms with E-state index in [9.17, 15) is 4.21 Å². The molecule has 1 heterocycles. The van der Waals surface area contributed by atoms with Crippen LogP contribution in [0, 0.1) is 0 Å². The van der Waals surface area contributed by atoms with Crippen molar-refractivity contribution < 1.29 is 4.21 Å². The van der Waals surface area contributed by atoms with Gasteiger partial charge in [0.15, 0.2) is 0 Å². The second-order valence-corrected chi connectivity index (χ2v) is 7.60. The maximum absolute atomic E-state index is 11.2. The lowest BCUT2D eigenvalue weighted by Crippen LogP contribution is -2.23. The molecule has 5 heteroatoms. The van der Waals surface area contributed by atoms with Crippen molar-refractivity contribution in [1.29, 1.82) is 0 Å². The summed E-state index contributed by atoms with van der Waals surface area (Å²) >= 11 is 5.21. The van der Waals surface area contributed by atoms with Gasteiger partial charge in [-0.25, -0.2) is 0 Å². The van der Waals surface area contributed by atoms with Crippen LogP contribution in [-0.4, -0.2) is 22.3 Å². The molecule has 92 valence electrons. The van der Waals surface area contributed by atoms with Crippen LogP contribution in [0.5, 0.6) is 0 Å². The van der Waals surface area contributed by atoms with Crippen molar-refractivity contribution in [3.05, 3.63) is 20.8 Å². The Bertz CT molecular complexity index is 354. The number of hydrogen-bond donors (Lipinski definition) is 1. The molecule has 0 aliphatic carbocycles. The highest BCUT2D eigenvalue weighted by Crippen LogP contribution is 2.25. The number of thiophene rings is 1. The first-order chi connectivity index (χ1) is 7.50. The molecule has 0 aliphatic heterocycles. The van der Waals surface area contributed by atoms with E-state index in [0.29, 0.717) is 6.04 Å². The maximum Gasteiger partial charge on any atom is 0.0386 e. The van der Waals surface area contributed by atoms with Gasteiger partial charge in [0.1, 0.15) is 0 Å². The van der Waals surface area contributed by atoms with Crippen LogP contribution in [0.1, 0.15) is 31.2 Å². The van der Waals surface area contributed by atoms with E-state index in [-0.39, 0.29) is 5.25 Å². The van der Waals surface area contributed by atoms with E-state index in [1.54, 1.807) is 17.6 Å². The van der Waals surface area contributed by atoms with Crippen LogP contribution in [0.3, 0.4) is 0 Å². The third kappa shape index (κ3) is 4.65. The summed E-state index contributed by atoms with van der Waals surface area (Å²) in [4.78, 5) is 1.33. The first-order valence-corrected chi connectivity index (χ1v) is 8.59. The fraction of sp³-hybridized carbons (Fsp3) is 0.636. The van der Waals surface area contributed by atoms with Crippen molar-refractivity contribution in [2.75, 3.05) is 12.8 Å². The Hall–Kier alpha value is 0.290. The van der Waals surface area contributed by atoms with Gasteiger partial charge >= 0.3 is 0 Å². The highest BCUT2D eigenvalue weighted by molar-refractivity contribution is 9.10. The second-order valence-electron chi connectivity index (χ2n) is 3.94. The summed E-state index contributed by atoms with van der Waals surface area (Å²) in [6.45, 7) is 5.10. The number of rotatable bonds is 6. The zero-order chi connectivity index (χ0) is 12.1. The van der Waals surface area contributed by atoms with E-state index in [0.717, 1.165) is 17.4 Å². The van der Waals surface area contributed by atoms with Crippen molar-refractivity contribution >= 4 is 38.1 Å². The Morgan fingerprint density at radius 1 is 1.56 bits per heavy atom. The Morgan fingerprint density at radius 2 is 2.25 bits per heavy atom. The topological polar surface area (TPSA) is 29.1 Å². The van der Waals surface area contributed by atoms with Crippen LogP contribution in [0.25, 0.3) is 0 Å². The molecule has 0 spiro atoms. The van der Waals surface area contributed by atoms with E-state index in [1.807, 2.05) is 6.92 Å². The number of nitrogens with one attached hydrogen (secondary N) is 1. The highest BCUT2D eigenvalue weighted by Gasteiger charge is 2.09. The van der Waals surface area contributed by atoms with Gasteiger partial charge in [0.2, 0.25) is 0 Å². The van der Waals surface area contributed by atoms with Crippen LogP contribution < -0.4 is 5.32 Å². The Kier molecular flexibility index (Phi) is 6.18. The smallest absolute Gasteiger partial charge is 0.0386 e. The van der Waals surface area contributed by atoms with Gasteiger partial charge in [0.25, 0.3) is 0 Å². The van der Waals surface area contributed by atoms with Crippen LogP contribution in [0.15, 0.2) is 15.9 Å². The molecule has 0 aromatic carbocycles. The van der Waals surface area contributed by atoms with Gasteiger partial charge in [-0.3, -0.25) is 4.21 Å². The van der Waals surface area contributed by atoms with Crippen molar-refractivity contribution in [2.24, 2.45) is 0 Å². The summed E-state index contributed by atoms with van der Waals surface area (Å²) in [5, 5.41) is 5.82. The van der Waals surface area contributed by atoms with Crippen molar-refractivity contribution in [1.82, 2.24) is 5.32 Å². The average Bonchev–Trinajstić information content (AvgIpc) is 2.64.